The van der Waals surface area contributed by atoms with Crippen molar-refractivity contribution in [2.45, 2.75) is 12.3 Å². The summed E-state index contributed by atoms with van der Waals surface area (Å²) in [5.74, 6) is -0.844. The Morgan fingerprint density at radius 2 is 1.92 bits per heavy atom. The Morgan fingerprint density at radius 3 is 2.46 bits per heavy atom. The standard InChI is InChI=1S/C10H11F2N/c11-8-2-1-3-9(12)10(8)7-4-5-13-6-7/h1-3,7,13H,4-6H2. The van der Waals surface area contributed by atoms with Crippen molar-refractivity contribution >= 4 is 0 Å². The number of halogens is 2. The van der Waals surface area contributed by atoms with Gasteiger partial charge in [0.05, 0.1) is 0 Å². The molecular weight excluding hydrogens is 172 g/mol. The third-order valence-corrected chi connectivity index (χ3v) is 2.47. The fourth-order valence-electron chi connectivity index (χ4n) is 1.80. The summed E-state index contributed by atoms with van der Waals surface area (Å²) >= 11 is 0. The fourth-order valence-corrected chi connectivity index (χ4v) is 1.80. The summed E-state index contributed by atoms with van der Waals surface area (Å²) in [6.45, 7) is 1.52. The second-order valence-corrected chi connectivity index (χ2v) is 3.33. The van der Waals surface area contributed by atoms with Gasteiger partial charge in [-0.3, -0.25) is 0 Å². The molecule has 0 amide bonds. The van der Waals surface area contributed by atoms with Crippen molar-refractivity contribution in [2.75, 3.05) is 13.1 Å². The molecule has 1 N–H and O–H groups in total. The molecule has 0 aliphatic carbocycles. The van der Waals surface area contributed by atoms with E-state index in [-0.39, 0.29) is 11.5 Å². The number of rotatable bonds is 1. The van der Waals surface area contributed by atoms with E-state index in [0.29, 0.717) is 6.54 Å². The van der Waals surface area contributed by atoms with E-state index in [2.05, 4.69) is 5.32 Å². The lowest BCUT2D eigenvalue weighted by Gasteiger charge is -2.10. The molecule has 0 bridgehead atoms. The first-order chi connectivity index (χ1) is 6.29. The monoisotopic (exact) mass is 183 g/mol. The second-order valence-electron chi connectivity index (χ2n) is 3.33. The lowest BCUT2D eigenvalue weighted by atomic mass is 9.97. The quantitative estimate of drug-likeness (QED) is 0.702. The van der Waals surface area contributed by atoms with Crippen LogP contribution >= 0.6 is 0 Å². The molecule has 1 unspecified atom stereocenters. The van der Waals surface area contributed by atoms with Crippen LogP contribution in [0.15, 0.2) is 18.2 Å². The molecule has 0 saturated carbocycles. The van der Waals surface area contributed by atoms with Crippen molar-refractivity contribution in [3.05, 3.63) is 35.4 Å². The molecule has 1 aliphatic rings. The van der Waals surface area contributed by atoms with Crippen molar-refractivity contribution in [1.29, 1.82) is 0 Å². The smallest absolute Gasteiger partial charge is 0.129 e. The maximum atomic E-state index is 13.2. The predicted molar refractivity (Wildman–Crippen MR) is 46.6 cm³/mol. The van der Waals surface area contributed by atoms with Crippen LogP contribution in [0.3, 0.4) is 0 Å². The highest BCUT2D eigenvalue weighted by atomic mass is 19.1. The van der Waals surface area contributed by atoms with E-state index in [0.717, 1.165) is 13.0 Å². The van der Waals surface area contributed by atoms with Crippen LogP contribution in [0.1, 0.15) is 17.9 Å². The van der Waals surface area contributed by atoms with Crippen LogP contribution in [-0.4, -0.2) is 13.1 Å². The van der Waals surface area contributed by atoms with Crippen molar-refractivity contribution in [3.8, 4) is 0 Å². The van der Waals surface area contributed by atoms with Gasteiger partial charge in [-0.1, -0.05) is 6.07 Å². The largest absolute Gasteiger partial charge is 0.316 e. The lowest BCUT2D eigenvalue weighted by molar-refractivity contribution is 0.532. The van der Waals surface area contributed by atoms with E-state index in [1.165, 1.54) is 18.2 Å². The summed E-state index contributed by atoms with van der Waals surface area (Å²) in [6.07, 6.45) is 0.817. The van der Waals surface area contributed by atoms with Gasteiger partial charge in [-0.05, 0) is 25.1 Å². The van der Waals surface area contributed by atoms with Crippen molar-refractivity contribution in [1.82, 2.24) is 5.32 Å². The minimum atomic E-state index is -0.422. The maximum absolute atomic E-state index is 13.2. The molecule has 1 heterocycles. The van der Waals surface area contributed by atoms with E-state index in [1.807, 2.05) is 0 Å². The summed E-state index contributed by atoms with van der Waals surface area (Å²) < 4.78 is 26.5. The van der Waals surface area contributed by atoms with Crippen LogP contribution in [0.5, 0.6) is 0 Å². The molecule has 1 aliphatic heterocycles. The SMILES string of the molecule is Fc1cccc(F)c1C1CCNC1. The minimum absolute atomic E-state index is 0.00111. The lowest BCUT2D eigenvalue weighted by Crippen LogP contribution is -2.10. The van der Waals surface area contributed by atoms with Gasteiger partial charge < -0.3 is 5.32 Å². The third kappa shape index (κ3) is 1.56. The van der Waals surface area contributed by atoms with Gasteiger partial charge in [0.1, 0.15) is 11.6 Å². The van der Waals surface area contributed by atoms with Crippen LogP contribution < -0.4 is 5.32 Å². The minimum Gasteiger partial charge on any atom is -0.316 e. The van der Waals surface area contributed by atoms with E-state index < -0.39 is 11.6 Å². The molecule has 1 nitrogen and oxygen atoms in total. The van der Waals surface area contributed by atoms with Crippen molar-refractivity contribution in [3.63, 3.8) is 0 Å². The van der Waals surface area contributed by atoms with Crippen molar-refractivity contribution in [2.24, 2.45) is 0 Å². The molecule has 1 saturated heterocycles. The van der Waals surface area contributed by atoms with Gasteiger partial charge in [0.25, 0.3) is 0 Å². The highest BCUT2D eigenvalue weighted by Crippen LogP contribution is 2.26. The second kappa shape index (κ2) is 3.42. The zero-order valence-electron chi connectivity index (χ0n) is 7.19. The van der Waals surface area contributed by atoms with Gasteiger partial charge in [-0.15, -0.1) is 0 Å². The zero-order chi connectivity index (χ0) is 9.26. The van der Waals surface area contributed by atoms with Crippen LogP contribution in [0.2, 0.25) is 0 Å². The number of hydrogen-bond acceptors (Lipinski definition) is 1. The Labute approximate surface area is 75.8 Å². The average molecular weight is 183 g/mol. The summed E-state index contributed by atoms with van der Waals surface area (Å²) in [5.41, 5.74) is 0.243. The topological polar surface area (TPSA) is 12.0 Å². The van der Waals surface area contributed by atoms with Gasteiger partial charge in [-0.2, -0.15) is 0 Å². The third-order valence-electron chi connectivity index (χ3n) is 2.47. The molecule has 2 rings (SSSR count). The molecule has 3 heteroatoms. The molecular formula is C10H11F2N. The van der Waals surface area contributed by atoms with Gasteiger partial charge in [0.2, 0.25) is 0 Å². The Kier molecular flexibility index (Phi) is 2.27. The first kappa shape index (κ1) is 8.63. The zero-order valence-corrected chi connectivity index (χ0v) is 7.19. The van der Waals surface area contributed by atoms with E-state index in [4.69, 9.17) is 0 Å². The summed E-state index contributed by atoms with van der Waals surface area (Å²) in [6, 6.07) is 4.03. The Hall–Kier alpha value is -0.960. The Balaban J connectivity index is 2.37. The highest BCUT2D eigenvalue weighted by molar-refractivity contribution is 5.25. The van der Waals surface area contributed by atoms with Crippen LogP contribution in [0.25, 0.3) is 0 Å². The van der Waals surface area contributed by atoms with Gasteiger partial charge in [0, 0.05) is 18.0 Å². The Morgan fingerprint density at radius 1 is 1.23 bits per heavy atom. The van der Waals surface area contributed by atoms with Crippen LogP contribution in [0, 0.1) is 11.6 Å². The molecule has 1 fully saturated rings. The molecule has 1 aromatic carbocycles. The predicted octanol–water partition coefficient (Wildman–Crippen LogP) is 2.04. The number of nitrogens with one attached hydrogen (secondary N) is 1. The van der Waals surface area contributed by atoms with Crippen LogP contribution in [-0.2, 0) is 0 Å². The summed E-state index contributed by atoms with van der Waals surface area (Å²) in [4.78, 5) is 0. The normalized spacial score (nSPS) is 22.2. The van der Waals surface area contributed by atoms with Gasteiger partial charge in [0.15, 0.2) is 0 Å². The Bertz CT molecular complexity index is 286. The molecule has 1 aromatic rings. The van der Waals surface area contributed by atoms with Crippen LogP contribution in [0.4, 0.5) is 8.78 Å². The van der Waals surface area contributed by atoms with Gasteiger partial charge in [-0.25, -0.2) is 8.78 Å². The number of hydrogen-bond donors (Lipinski definition) is 1. The molecule has 70 valence electrons. The molecule has 0 spiro atoms. The molecule has 13 heavy (non-hydrogen) atoms. The highest BCUT2D eigenvalue weighted by Gasteiger charge is 2.22. The first-order valence-electron chi connectivity index (χ1n) is 4.43. The number of benzene rings is 1. The fraction of sp³-hybridized carbons (Fsp3) is 0.400. The molecule has 0 radical (unpaired) electrons. The first-order valence-corrected chi connectivity index (χ1v) is 4.43. The van der Waals surface area contributed by atoms with E-state index in [9.17, 15) is 8.78 Å². The van der Waals surface area contributed by atoms with E-state index >= 15 is 0 Å². The molecule has 1 atom stereocenters. The molecule has 0 aromatic heterocycles. The summed E-state index contributed by atoms with van der Waals surface area (Å²) in [5, 5.41) is 3.09. The van der Waals surface area contributed by atoms with Crippen molar-refractivity contribution < 1.29 is 8.78 Å². The summed E-state index contributed by atoms with van der Waals surface area (Å²) in [7, 11) is 0. The maximum Gasteiger partial charge on any atom is 0.129 e. The van der Waals surface area contributed by atoms with E-state index in [1.54, 1.807) is 0 Å². The average Bonchev–Trinajstić information content (AvgIpc) is 2.57. The van der Waals surface area contributed by atoms with Gasteiger partial charge >= 0.3 is 0 Å².